The van der Waals surface area contributed by atoms with Crippen LogP contribution in [-0.4, -0.2) is 19.7 Å². The van der Waals surface area contributed by atoms with Gasteiger partial charge in [0.1, 0.15) is 5.75 Å². The highest BCUT2D eigenvalue weighted by Gasteiger charge is 2.26. The summed E-state index contributed by atoms with van der Waals surface area (Å²) >= 11 is 7.00. The summed E-state index contributed by atoms with van der Waals surface area (Å²) < 4.78 is 17.8. The van der Waals surface area contributed by atoms with Gasteiger partial charge in [0.25, 0.3) is 0 Å². The quantitative estimate of drug-likeness (QED) is 0.667. The predicted octanol–water partition coefficient (Wildman–Crippen LogP) is 4.67. The Kier molecular flexibility index (Phi) is 4.14. The van der Waals surface area contributed by atoms with Gasteiger partial charge in [0.15, 0.2) is 5.75 Å². The van der Waals surface area contributed by atoms with Crippen LogP contribution in [0.4, 0.5) is 0 Å². The molecule has 0 bridgehead atoms. The van der Waals surface area contributed by atoms with Gasteiger partial charge >= 0.3 is 5.97 Å². The summed E-state index contributed by atoms with van der Waals surface area (Å²) in [6.45, 7) is 2.05. The van der Waals surface area contributed by atoms with Crippen LogP contribution in [0.1, 0.15) is 12.5 Å². The molecule has 114 valence electrons. The zero-order valence-electron chi connectivity index (χ0n) is 11.9. The molecule has 1 aliphatic heterocycles. The summed E-state index contributed by atoms with van der Waals surface area (Å²) in [4.78, 5) is 12.0. The largest absolute Gasteiger partial charge is 0.496 e. The highest BCUT2D eigenvalue weighted by molar-refractivity contribution is 9.11. The van der Waals surface area contributed by atoms with E-state index < -0.39 is 5.97 Å². The Morgan fingerprint density at radius 2 is 2.05 bits per heavy atom. The van der Waals surface area contributed by atoms with Crippen LogP contribution in [0.15, 0.2) is 32.9 Å². The Labute approximate surface area is 144 Å². The van der Waals surface area contributed by atoms with Crippen LogP contribution >= 0.6 is 31.9 Å². The molecular formula is C16H12Br2O4. The molecule has 22 heavy (non-hydrogen) atoms. The monoisotopic (exact) mass is 426 g/mol. The van der Waals surface area contributed by atoms with Crippen molar-refractivity contribution >= 4 is 54.7 Å². The van der Waals surface area contributed by atoms with Gasteiger partial charge in [-0.05, 0) is 47.1 Å². The van der Waals surface area contributed by atoms with Crippen LogP contribution in [0.3, 0.4) is 0 Å². The number of benzene rings is 2. The number of ether oxygens (including phenoxy) is 3. The second kappa shape index (κ2) is 5.93. The van der Waals surface area contributed by atoms with Gasteiger partial charge in [-0.3, -0.25) is 0 Å². The molecule has 0 aromatic heterocycles. The topological polar surface area (TPSA) is 44.8 Å². The van der Waals surface area contributed by atoms with E-state index in [2.05, 4.69) is 31.9 Å². The molecule has 0 saturated carbocycles. The number of carbonyl (C=O) groups excluding carboxylic acids is 1. The third-order valence-electron chi connectivity index (χ3n) is 3.34. The zero-order valence-corrected chi connectivity index (χ0v) is 15.1. The molecule has 1 heterocycles. The molecule has 0 amide bonds. The summed E-state index contributed by atoms with van der Waals surface area (Å²) in [6, 6.07) is 5.69. The van der Waals surface area contributed by atoms with Gasteiger partial charge in [-0.15, -0.1) is 0 Å². The van der Waals surface area contributed by atoms with Crippen molar-refractivity contribution in [2.24, 2.45) is 0 Å². The van der Waals surface area contributed by atoms with Gasteiger partial charge in [-0.1, -0.05) is 15.9 Å². The summed E-state index contributed by atoms with van der Waals surface area (Å²) in [6.07, 6.45) is 1.68. The molecule has 2 aromatic rings. The third-order valence-corrected chi connectivity index (χ3v) is 4.62. The summed E-state index contributed by atoms with van der Waals surface area (Å²) in [5.41, 5.74) is 0.862. The fraction of sp³-hybridized carbons (Fsp3) is 0.188. The highest BCUT2D eigenvalue weighted by atomic mass is 79.9. The van der Waals surface area contributed by atoms with Gasteiger partial charge in [-0.2, -0.15) is 0 Å². The van der Waals surface area contributed by atoms with Crippen LogP contribution in [-0.2, 0) is 9.53 Å². The molecule has 0 radical (unpaired) electrons. The van der Waals surface area contributed by atoms with E-state index in [1.807, 2.05) is 18.2 Å². The first-order chi connectivity index (χ1) is 10.6. The second-order valence-electron chi connectivity index (χ2n) is 4.60. The first-order valence-electron chi connectivity index (χ1n) is 6.62. The van der Waals surface area contributed by atoms with Gasteiger partial charge < -0.3 is 14.2 Å². The second-order valence-corrected chi connectivity index (χ2v) is 6.31. The van der Waals surface area contributed by atoms with Crippen LogP contribution in [0.25, 0.3) is 16.8 Å². The molecule has 6 heteroatoms. The van der Waals surface area contributed by atoms with Crippen molar-refractivity contribution in [2.45, 2.75) is 6.92 Å². The van der Waals surface area contributed by atoms with Gasteiger partial charge in [0.2, 0.25) is 5.76 Å². The van der Waals surface area contributed by atoms with E-state index in [4.69, 9.17) is 14.2 Å². The number of halogens is 2. The number of carbonyl (C=O) groups is 1. The van der Waals surface area contributed by atoms with Crippen LogP contribution in [0.2, 0.25) is 0 Å². The van der Waals surface area contributed by atoms with E-state index in [-0.39, 0.29) is 5.76 Å². The lowest BCUT2D eigenvalue weighted by Crippen LogP contribution is -2.15. The first kappa shape index (κ1) is 15.4. The maximum atomic E-state index is 12.0. The molecular weight excluding hydrogens is 416 g/mol. The van der Waals surface area contributed by atoms with Gasteiger partial charge in [0.05, 0.1) is 18.2 Å². The normalized spacial score (nSPS) is 12.6. The van der Waals surface area contributed by atoms with Crippen LogP contribution in [0.5, 0.6) is 11.5 Å². The van der Waals surface area contributed by atoms with Crippen LogP contribution in [0, 0.1) is 0 Å². The SMILES string of the molecule is CCOC(=O)C1=Cc2c(Br)ccc3c(OC)cc(Br)c(c23)O1. The standard InChI is InChI=1S/C16H12Br2O4/c1-3-21-16(19)13-6-9-10(17)5-4-8-12(20-2)7-11(18)15(22-13)14(8)9/h4-7H,3H2,1-2H3. The van der Waals surface area contributed by atoms with Crippen molar-refractivity contribution in [2.75, 3.05) is 13.7 Å². The van der Waals surface area contributed by atoms with Gasteiger partial charge in [0, 0.05) is 20.8 Å². The molecule has 3 rings (SSSR count). The minimum atomic E-state index is -0.486. The van der Waals surface area contributed by atoms with Gasteiger partial charge in [-0.25, -0.2) is 4.79 Å². The van der Waals surface area contributed by atoms with Crippen molar-refractivity contribution in [1.29, 1.82) is 0 Å². The van der Waals surface area contributed by atoms with E-state index in [0.717, 1.165) is 26.6 Å². The number of hydrogen-bond donors (Lipinski definition) is 0. The minimum absolute atomic E-state index is 0.161. The average molecular weight is 428 g/mol. The lowest BCUT2D eigenvalue weighted by atomic mass is 10.00. The molecule has 4 nitrogen and oxygen atoms in total. The number of esters is 1. The molecule has 1 aliphatic rings. The first-order valence-corrected chi connectivity index (χ1v) is 8.20. The minimum Gasteiger partial charge on any atom is -0.496 e. The Morgan fingerprint density at radius 1 is 1.27 bits per heavy atom. The van der Waals surface area contributed by atoms with Crippen molar-refractivity contribution < 1.29 is 19.0 Å². The fourth-order valence-electron chi connectivity index (χ4n) is 2.40. The molecule has 0 spiro atoms. The average Bonchev–Trinajstić information content (AvgIpc) is 2.52. The Balaban J connectivity index is 2.30. The van der Waals surface area contributed by atoms with Crippen molar-refractivity contribution in [1.82, 2.24) is 0 Å². The summed E-state index contributed by atoms with van der Waals surface area (Å²) in [5.74, 6) is 0.988. The van der Waals surface area contributed by atoms with E-state index in [9.17, 15) is 4.79 Å². The maximum absolute atomic E-state index is 12.0. The molecule has 0 fully saturated rings. The fourth-order valence-corrected chi connectivity index (χ4v) is 3.34. The Bertz CT molecular complexity index is 812. The molecule has 0 N–H and O–H groups in total. The lowest BCUT2D eigenvalue weighted by molar-refractivity contribution is -0.140. The smallest absolute Gasteiger partial charge is 0.374 e. The van der Waals surface area contributed by atoms with E-state index in [1.54, 1.807) is 20.1 Å². The number of rotatable bonds is 3. The lowest BCUT2D eigenvalue weighted by Gasteiger charge is -2.21. The third kappa shape index (κ3) is 2.40. The maximum Gasteiger partial charge on any atom is 0.374 e. The molecule has 0 unspecified atom stereocenters. The Hall–Kier alpha value is -1.53. The number of hydrogen-bond acceptors (Lipinski definition) is 4. The predicted molar refractivity (Wildman–Crippen MR) is 91.1 cm³/mol. The van der Waals surface area contributed by atoms with Crippen molar-refractivity contribution in [3.05, 3.63) is 38.5 Å². The zero-order chi connectivity index (χ0) is 15.9. The molecule has 0 aliphatic carbocycles. The van der Waals surface area contributed by atoms with E-state index in [0.29, 0.717) is 16.8 Å². The number of methoxy groups -OCH3 is 1. The highest BCUT2D eigenvalue weighted by Crippen LogP contribution is 2.46. The van der Waals surface area contributed by atoms with E-state index in [1.165, 1.54) is 0 Å². The van der Waals surface area contributed by atoms with Crippen molar-refractivity contribution in [3.8, 4) is 11.5 Å². The molecule has 0 saturated heterocycles. The summed E-state index contributed by atoms with van der Waals surface area (Å²) in [5, 5.41) is 1.80. The van der Waals surface area contributed by atoms with Crippen molar-refractivity contribution in [3.63, 3.8) is 0 Å². The molecule has 2 aromatic carbocycles. The summed E-state index contributed by atoms with van der Waals surface area (Å²) in [7, 11) is 1.62. The van der Waals surface area contributed by atoms with Crippen LogP contribution < -0.4 is 9.47 Å². The Morgan fingerprint density at radius 3 is 2.73 bits per heavy atom. The van der Waals surface area contributed by atoms with E-state index >= 15 is 0 Å². The molecule has 0 atom stereocenters.